The lowest BCUT2D eigenvalue weighted by Crippen LogP contribution is -2.74. The summed E-state index contributed by atoms with van der Waals surface area (Å²) in [5.41, 5.74) is 4.66. The van der Waals surface area contributed by atoms with E-state index >= 15 is 0 Å². The predicted octanol–water partition coefficient (Wildman–Crippen LogP) is 0.341. The van der Waals surface area contributed by atoms with Crippen molar-refractivity contribution in [1.82, 2.24) is 15.2 Å². The third kappa shape index (κ3) is 5.90. The second kappa shape index (κ2) is 11.9. The molecule has 1 aromatic rings. The summed E-state index contributed by atoms with van der Waals surface area (Å²) >= 11 is 2.46. The van der Waals surface area contributed by atoms with Crippen LogP contribution in [0.4, 0.5) is 5.13 Å². The van der Waals surface area contributed by atoms with Gasteiger partial charge in [-0.15, -0.1) is 23.1 Å². The Hall–Kier alpha value is -2.91. The lowest BCUT2D eigenvalue weighted by atomic mass is 9.88. The summed E-state index contributed by atoms with van der Waals surface area (Å²) in [6.07, 6.45) is -0.937. The number of oxime groups is 1. The number of amides is 2. The van der Waals surface area contributed by atoms with Crippen LogP contribution in [-0.4, -0.2) is 89.7 Å². The first-order chi connectivity index (χ1) is 17.2. The first kappa shape index (κ1) is 27.7. The van der Waals surface area contributed by atoms with E-state index in [1.54, 1.807) is 19.2 Å². The van der Waals surface area contributed by atoms with Gasteiger partial charge in [0.15, 0.2) is 10.8 Å². The fourth-order valence-corrected chi connectivity index (χ4v) is 5.75. The SMILES string of the molecule is CCON=C(C(=O)NC1C(=O)N2CC(COC)(C(=O)OC(C)OC(=O)CC)CS[C@H]12)c1csc(N)n1. The molecule has 3 N–H and O–H groups in total. The summed E-state index contributed by atoms with van der Waals surface area (Å²) < 4.78 is 15.6. The van der Waals surface area contributed by atoms with Crippen molar-refractivity contribution in [2.24, 2.45) is 10.6 Å². The molecule has 198 valence electrons. The van der Waals surface area contributed by atoms with Gasteiger partial charge in [-0.25, -0.2) is 4.98 Å². The number of aromatic nitrogens is 1. The van der Waals surface area contributed by atoms with Crippen LogP contribution in [-0.2, 0) is 38.2 Å². The third-order valence-corrected chi connectivity index (χ3v) is 7.67. The second-order valence-corrected chi connectivity index (χ2v) is 10.1. The molecular formula is C21H29N5O8S2. The summed E-state index contributed by atoms with van der Waals surface area (Å²) in [5.74, 6) is -1.88. The van der Waals surface area contributed by atoms with Crippen molar-refractivity contribution < 1.29 is 38.2 Å². The Kier molecular flexibility index (Phi) is 9.13. The van der Waals surface area contributed by atoms with Gasteiger partial charge in [-0.3, -0.25) is 19.2 Å². The van der Waals surface area contributed by atoms with Crippen molar-refractivity contribution in [1.29, 1.82) is 0 Å². The monoisotopic (exact) mass is 543 g/mol. The molecule has 3 heterocycles. The second-order valence-electron chi connectivity index (χ2n) is 8.08. The van der Waals surface area contributed by atoms with Crippen molar-refractivity contribution in [2.75, 3.05) is 38.4 Å². The lowest BCUT2D eigenvalue weighted by molar-refractivity contribution is -0.195. The number of rotatable bonds is 11. The minimum Gasteiger partial charge on any atom is -0.425 e. The molecule has 4 atom stereocenters. The molecule has 2 saturated heterocycles. The first-order valence-corrected chi connectivity index (χ1v) is 13.1. The van der Waals surface area contributed by atoms with Gasteiger partial charge >= 0.3 is 11.9 Å². The Bertz CT molecular complexity index is 1030. The van der Waals surface area contributed by atoms with Gasteiger partial charge in [-0.2, -0.15) is 0 Å². The maximum absolute atomic E-state index is 13.0. The molecular weight excluding hydrogens is 514 g/mol. The van der Waals surface area contributed by atoms with Crippen LogP contribution in [0.2, 0.25) is 0 Å². The van der Waals surface area contributed by atoms with E-state index in [0.717, 1.165) is 11.3 Å². The molecule has 2 aliphatic heterocycles. The molecule has 0 radical (unpaired) electrons. The molecule has 13 nitrogen and oxygen atoms in total. The van der Waals surface area contributed by atoms with Gasteiger partial charge in [0.25, 0.3) is 5.91 Å². The highest BCUT2D eigenvalue weighted by atomic mass is 32.2. The van der Waals surface area contributed by atoms with Crippen LogP contribution in [0.3, 0.4) is 0 Å². The van der Waals surface area contributed by atoms with Gasteiger partial charge in [0.05, 0.1) is 6.61 Å². The summed E-state index contributed by atoms with van der Waals surface area (Å²) in [7, 11) is 1.44. The number of nitrogens with two attached hydrogens (primary N) is 1. The number of anilines is 1. The molecule has 0 aromatic carbocycles. The van der Waals surface area contributed by atoms with Crippen LogP contribution >= 0.6 is 23.1 Å². The van der Waals surface area contributed by atoms with E-state index in [4.69, 9.17) is 24.8 Å². The first-order valence-electron chi connectivity index (χ1n) is 11.2. The van der Waals surface area contributed by atoms with Gasteiger partial charge in [0.1, 0.15) is 29.1 Å². The van der Waals surface area contributed by atoms with E-state index in [9.17, 15) is 19.2 Å². The highest BCUT2D eigenvalue weighted by molar-refractivity contribution is 8.00. The van der Waals surface area contributed by atoms with Gasteiger partial charge in [0.2, 0.25) is 12.2 Å². The number of esters is 2. The summed E-state index contributed by atoms with van der Waals surface area (Å²) in [4.78, 5) is 61.0. The average molecular weight is 544 g/mol. The van der Waals surface area contributed by atoms with E-state index in [0.29, 0.717) is 0 Å². The molecule has 1 aromatic heterocycles. The fraction of sp³-hybridized carbons (Fsp3) is 0.619. The van der Waals surface area contributed by atoms with E-state index in [1.165, 1.54) is 30.7 Å². The number of nitrogen functional groups attached to an aromatic ring is 1. The molecule has 2 aliphatic rings. The number of fused-ring (bicyclic) bond motifs is 1. The minimum absolute atomic E-state index is 0.00276. The Balaban J connectivity index is 1.68. The number of nitrogens with one attached hydrogen (secondary N) is 1. The van der Waals surface area contributed by atoms with Gasteiger partial charge < -0.3 is 35.0 Å². The maximum atomic E-state index is 13.0. The van der Waals surface area contributed by atoms with E-state index in [2.05, 4.69) is 15.5 Å². The van der Waals surface area contributed by atoms with Crippen molar-refractivity contribution in [3.63, 3.8) is 0 Å². The minimum atomic E-state index is -1.16. The van der Waals surface area contributed by atoms with Crippen molar-refractivity contribution in [3.05, 3.63) is 11.1 Å². The smallest absolute Gasteiger partial charge is 0.320 e. The normalized spacial score (nSPS) is 24.3. The zero-order valence-electron chi connectivity index (χ0n) is 20.3. The molecule has 2 fully saturated rings. The largest absolute Gasteiger partial charge is 0.425 e. The number of carbonyl (C=O) groups is 4. The summed E-state index contributed by atoms with van der Waals surface area (Å²) in [6, 6.07) is -0.827. The summed E-state index contributed by atoms with van der Waals surface area (Å²) in [5, 5.41) is 7.96. The highest BCUT2D eigenvalue weighted by Gasteiger charge is 2.58. The Morgan fingerprint density at radius 3 is 2.72 bits per heavy atom. The molecule has 15 heteroatoms. The van der Waals surface area contributed by atoms with Crippen LogP contribution in [0.1, 0.15) is 32.9 Å². The molecule has 0 spiro atoms. The van der Waals surface area contributed by atoms with Gasteiger partial charge in [0, 0.05) is 38.1 Å². The number of hydrogen-bond acceptors (Lipinski definition) is 13. The quantitative estimate of drug-likeness (QED) is 0.130. The van der Waals surface area contributed by atoms with Crippen LogP contribution in [0.5, 0.6) is 0 Å². The Morgan fingerprint density at radius 1 is 1.36 bits per heavy atom. The summed E-state index contributed by atoms with van der Waals surface area (Å²) in [6.45, 7) is 5.05. The van der Waals surface area contributed by atoms with E-state index < -0.39 is 41.0 Å². The van der Waals surface area contributed by atoms with Crippen LogP contribution in [0.15, 0.2) is 10.5 Å². The lowest BCUT2D eigenvalue weighted by Gasteiger charge is -2.53. The Morgan fingerprint density at radius 2 is 2.11 bits per heavy atom. The molecule has 36 heavy (non-hydrogen) atoms. The number of β-lactam (4-membered cyclic amide) rings is 1. The van der Waals surface area contributed by atoms with Crippen molar-refractivity contribution in [2.45, 2.75) is 44.9 Å². The van der Waals surface area contributed by atoms with Crippen LogP contribution < -0.4 is 11.1 Å². The number of thioether (sulfide) groups is 1. The topological polar surface area (TPSA) is 172 Å². The molecule has 3 rings (SSSR count). The molecule has 0 aliphatic carbocycles. The number of thiazole rings is 1. The molecule has 3 unspecified atom stereocenters. The van der Waals surface area contributed by atoms with Crippen molar-refractivity contribution >= 4 is 57.7 Å². The fourth-order valence-electron chi connectivity index (χ4n) is 3.68. The van der Waals surface area contributed by atoms with Crippen molar-refractivity contribution in [3.8, 4) is 0 Å². The average Bonchev–Trinajstić information content (AvgIpc) is 3.28. The molecule has 0 saturated carbocycles. The number of nitrogens with zero attached hydrogens (tertiary/aromatic N) is 3. The predicted molar refractivity (Wildman–Crippen MR) is 131 cm³/mol. The third-order valence-electron chi connectivity index (χ3n) is 5.41. The van der Waals surface area contributed by atoms with E-state index in [1.807, 2.05) is 0 Å². The van der Waals surface area contributed by atoms with Gasteiger partial charge in [-0.1, -0.05) is 12.1 Å². The van der Waals surface area contributed by atoms with Gasteiger partial charge in [-0.05, 0) is 6.92 Å². The number of methoxy groups -OCH3 is 1. The zero-order valence-corrected chi connectivity index (χ0v) is 22.0. The highest BCUT2D eigenvalue weighted by Crippen LogP contribution is 2.43. The van der Waals surface area contributed by atoms with E-state index in [-0.39, 0.29) is 54.4 Å². The van der Waals surface area contributed by atoms with Crippen LogP contribution in [0, 0.1) is 5.41 Å². The van der Waals surface area contributed by atoms with Crippen LogP contribution in [0.25, 0.3) is 0 Å². The molecule has 0 bridgehead atoms. The number of hydrogen-bond donors (Lipinski definition) is 2. The maximum Gasteiger partial charge on any atom is 0.320 e. The number of ether oxygens (including phenoxy) is 3. The number of carbonyl (C=O) groups excluding carboxylic acids is 4. The molecule has 2 amide bonds. The standard InChI is InChI=1S/C21H29N5O8S2/c1-5-13(27)33-11(3)34-19(30)21(9-31-4)8-26-17(29)15(18(26)36-10-21)24-16(28)14(25-32-6-2)12-7-35-20(22)23-12/h7,11,15,18H,5-6,8-10H2,1-4H3,(H2,22,23)(H,24,28)/t11?,15?,18-,21?/m1/s1. The zero-order chi connectivity index (χ0) is 26.5. The Labute approximate surface area is 216 Å².